The quantitative estimate of drug-likeness (QED) is 0.722. The molecule has 1 aromatic rings. The maximum Gasteiger partial charge on any atom is 0.412 e. The van der Waals surface area contributed by atoms with Gasteiger partial charge >= 0.3 is 6.09 Å². The summed E-state index contributed by atoms with van der Waals surface area (Å²) in [7, 11) is 1.26. The summed E-state index contributed by atoms with van der Waals surface area (Å²) in [5.41, 5.74) is 5.77. The molecule has 0 aliphatic heterocycles. The van der Waals surface area contributed by atoms with Gasteiger partial charge in [-0.25, -0.2) is 9.78 Å². The highest BCUT2D eigenvalue weighted by molar-refractivity contribution is 6.33. The van der Waals surface area contributed by atoms with Gasteiger partial charge in [-0.2, -0.15) is 0 Å². The van der Waals surface area contributed by atoms with Crippen molar-refractivity contribution >= 4 is 29.2 Å². The lowest BCUT2D eigenvalue weighted by atomic mass is 10.4. The SMILES string of the molecule is COC(=O)Nc1cc(Cl)c(N)cn1. The fraction of sp³-hybridized carbons (Fsp3) is 0.143. The molecule has 1 aromatic heterocycles. The molecular formula is C7H8ClN3O2. The van der Waals surface area contributed by atoms with Gasteiger partial charge in [-0.3, -0.25) is 5.32 Å². The minimum absolute atomic E-state index is 0.297. The summed E-state index contributed by atoms with van der Waals surface area (Å²) >= 11 is 5.68. The van der Waals surface area contributed by atoms with Gasteiger partial charge in [-0.15, -0.1) is 0 Å². The van der Waals surface area contributed by atoms with Gasteiger partial charge in [-0.1, -0.05) is 11.6 Å². The third-order valence-corrected chi connectivity index (χ3v) is 1.62. The van der Waals surface area contributed by atoms with Crippen LogP contribution in [0.4, 0.5) is 16.3 Å². The summed E-state index contributed by atoms with van der Waals surface area (Å²) in [6, 6.07) is 1.44. The highest BCUT2D eigenvalue weighted by Gasteiger charge is 2.03. The number of nitrogens with one attached hydrogen (secondary N) is 1. The number of amides is 1. The molecular weight excluding hydrogens is 194 g/mol. The number of hydrogen-bond donors (Lipinski definition) is 2. The molecule has 0 bridgehead atoms. The second kappa shape index (κ2) is 3.95. The van der Waals surface area contributed by atoms with E-state index in [-0.39, 0.29) is 0 Å². The van der Waals surface area contributed by atoms with Crippen LogP contribution in [0.5, 0.6) is 0 Å². The van der Waals surface area contributed by atoms with Crippen molar-refractivity contribution in [1.82, 2.24) is 4.98 Å². The first-order valence-electron chi connectivity index (χ1n) is 3.39. The molecule has 0 spiro atoms. The summed E-state index contributed by atoms with van der Waals surface area (Å²) in [5.74, 6) is 0.297. The van der Waals surface area contributed by atoms with E-state index in [1.54, 1.807) is 0 Å². The van der Waals surface area contributed by atoms with E-state index in [0.717, 1.165) is 0 Å². The second-order valence-corrected chi connectivity index (χ2v) is 2.61. The zero-order chi connectivity index (χ0) is 9.84. The van der Waals surface area contributed by atoms with Gasteiger partial charge in [-0.05, 0) is 0 Å². The maximum atomic E-state index is 10.7. The van der Waals surface area contributed by atoms with E-state index < -0.39 is 6.09 Å². The molecule has 0 aliphatic rings. The smallest absolute Gasteiger partial charge is 0.412 e. The molecule has 0 aromatic carbocycles. The summed E-state index contributed by atoms with van der Waals surface area (Å²) < 4.78 is 4.36. The highest BCUT2D eigenvalue weighted by atomic mass is 35.5. The van der Waals surface area contributed by atoms with Crippen LogP contribution in [0.15, 0.2) is 12.3 Å². The van der Waals surface area contributed by atoms with Crippen LogP contribution >= 0.6 is 11.6 Å². The van der Waals surface area contributed by atoms with E-state index in [0.29, 0.717) is 16.5 Å². The first kappa shape index (κ1) is 9.60. The van der Waals surface area contributed by atoms with Crippen LogP contribution in [0.2, 0.25) is 5.02 Å². The minimum atomic E-state index is -0.603. The van der Waals surface area contributed by atoms with Crippen LogP contribution < -0.4 is 11.1 Å². The molecule has 5 nitrogen and oxygen atoms in total. The topological polar surface area (TPSA) is 77.2 Å². The molecule has 1 heterocycles. The Balaban J connectivity index is 2.79. The Morgan fingerprint density at radius 2 is 2.46 bits per heavy atom. The number of hydrogen-bond acceptors (Lipinski definition) is 4. The van der Waals surface area contributed by atoms with Gasteiger partial charge in [0.2, 0.25) is 0 Å². The number of pyridine rings is 1. The Labute approximate surface area is 79.8 Å². The van der Waals surface area contributed by atoms with Crippen molar-refractivity contribution in [2.45, 2.75) is 0 Å². The van der Waals surface area contributed by atoms with E-state index in [2.05, 4.69) is 15.0 Å². The number of halogens is 1. The first-order valence-corrected chi connectivity index (χ1v) is 3.77. The highest BCUT2D eigenvalue weighted by Crippen LogP contribution is 2.19. The van der Waals surface area contributed by atoms with Gasteiger partial charge < -0.3 is 10.5 Å². The Kier molecular flexibility index (Phi) is 2.92. The van der Waals surface area contributed by atoms with Crippen molar-refractivity contribution in [3.63, 3.8) is 0 Å². The van der Waals surface area contributed by atoms with Crippen molar-refractivity contribution in [3.8, 4) is 0 Å². The molecule has 13 heavy (non-hydrogen) atoms. The van der Waals surface area contributed by atoms with Crippen molar-refractivity contribution in [2.24, 2.45) is 0 Å². The van der Waals surface area contributed by atoms with Gasteiger partial charge in [0.15, 0.2) is 0 Å². The van der Waals surface area contributed by atoms with Crippen molar-refractivity contribution in [2.75, 3.05) is 18.2 Å². The first-order chi connectivity index (χ1) is 6.13. The normalized spacial score (nSPS) is 9.38. The number of rotatable bonds is 1. The number of methoxy groups -OCH3 is 1. The van der Waals surface area contributed by atoms with E-state index in [4.69, 9.17) is 17.3 Å². The molecule has 0 atom stereocenters. The van der Waals surface area contributed by atoms with Crippen LogP contribution in [-0.4, -0.2) is 18.2 Å². The van der Waals surface area contributed by atoms with Gasteiger partial charge in [0.25, 0.3) is 0 Å². The number of carbonyl (C=O) groups excluding carboxylic acids is 1. The third kappa shape index (κ3) is 2.48. The number of carbonyl (C=O) groups is 1. The molecule has 70 valence electrons. The summed E-state index contributed by atoms with van der Waals surface area (Å²) in [6.07, 6.45) is 0.751. The average Bonchev–Trinajstić information content (AvgIpc) is 2.11. The fourth-order valence-corrected chi connectivity index (χ4v) is 0.817. The molecule has 3 N–H and O–H groups in total. The van der Waals surface area contributed by atoms with Crippen LogP contribution in [-0.2, 0) is 4.74 Å². The van der Waals surface area contributed by atoms with Crippen LogP contribution in [0, 0.1) is 0 Å². The van der Waals surface area contributed by atoms with E-state index in [1.807, 2.05) is 0 Å². The average molecular weight is 202 g/mol. The fourth-order valence-electron chi connectivity index (χ4n) is 0.665. The molecule has 0 radical (unpaired) electrons. The van der Waals surface area contributed by atoms with Crippen LogP contribution in [0.25, 0.3) is 0 Å². The monoisotopic (exact) mass is 201 g/mol. The Morgan fingerprint density at radius 1 is 1.77 bits per heavy atom. The van der Waals surface area contributed by atoms with Gasteiger partial charge in [0, 0.05) is 6.07 Å². The molecule has 0 saturated heterocycles. The number of nitrogens with zero attached hydrogens (tertiary/aromatic N) is 1. The summed E-state index contributed by atoms with van der Waals surface area (Å²) in [5, 5.41) is 2.68. The zero-order valence-corrected chi connectivity index (χ0v) is 7.63. The third-order valence-electron chi connectivity index (χ3n) is 1.30. The zero-order valence-electron chi connectivity index (χ0n) is 6.87. The number of aromatic nitrogens is 1. The van der Waals surface area contributed by atoms with Crippen molar-refractivity contribution in [1.29, 1.82) is 0 Å². The predicted octanol–water partition coefficient (Wildman–Crippen LogP) is 1.50. The lowest BCUT2D eigenvalue weighted by Gasteiger charge is -2.03. The summed E-state index contributed by atoms with van der Waals surface area (Å²) in [6.45, 7) is 0. The minimum Gasteiger partial charge on any atom is -0.453 e. The molecule has 1 amide bonds. The molecule has 0 unspecified atom stereocenters. The van der Waals surface area contributed by atoms with Gasteiger partial charge in [0.1, 0.15) is 5.82 Å². The second-order valence-electron chi connectivity index (χ2n) is 2.21. The van der Waals surface area contributed by atoms with Gasteiger partial charge in [0.05, 0.1) is 24.0 Å². The van der Waals surface area contributed by atoms with E-state index in [1.165, 1.54) is 19.4 Å². The summed E-state index contributed by atoms with van der Waals surface area (Å²) in [4.78, 5) is 14.5. The van der Waals surface area contributed by atoms with Crippen LogP contribution in [0.3, 0.4) is 0 Å². The molecule has 0 fully saturated rings. The number of ether oxygens (including phenoxy) is 1. The predicted molar refractivity (Wildman–Crippen MR) is 49.7 cm³/mol. The molecule has 0 saturated carbocycles. The van der Waals surface area contributed by atoms with Crippen LogP contribution in [0.1, 0.15) is 0 Å². The Bertz CT molecular complexity index is 330. The lowest BCUT2D eigenvalue weighted by molar-refractivity contribution is 0.187. The van der Waals surface area contributed by atoms with Crippen molar-refractivity contribution in [3.05, 3.63) is 17.3 Å². The maximum absolute atomic E-state index is 10.7. The van der Waals surface area contributed by atoms with E-state index >= 15 is 0 Å². The molecule has 0 aliphatic carbocycles. The van der Waals surface area contributed by atoms with Crippen molar-refractivity contribution < 1.29 is 9.53 Å². The molecule has 1 rings (SSSR count). The number of nitrogens with two attached hydrogens (primary N) is 1. The lowest BCUT2D eigenvalue weighted by Crippen LogP contribution is -2.12. The molecule has 6 heteroatoms. The number of anilines is 2. The number of nitrogen functional groups attached to an aromatic ring is 1. The van der Waals surface area contributed by atoms with E-state index in [9.17, 15) is 4.79 Å². The Morgan fingerprint density at radius 3 is 3.00 bits per heavy atom. The largest absolute Gasteiger partial charge is 0.453 e. The standard InChI is InChI=1S/C7H8ClN3O2/c1-13-7(12)11-6-2-4(8)5(9)3-10-6/h2-3H,9H2,1H3,(H,10,11,12). The Hall–Kier alpha value is -1.49.